The molecule has 1 aliphatic rings. The van der Waals surface area contributed by atoms with Crippen LogP contribution in [-0.2, 0) is 23.1 Å². The zero-order chi connectivity index (χ0) is 23.2. The van der Waals surface area contributed by atoms with Crippen molar-refractivity contribution in [1.29, 1.82) is 0 Å². The van der Waals surface area contributed by atoms with Gasteiger partial charge in [0.25, 0.3) is 10.0 Å². The summed E-state index contributed by atoms with van der Waals surface area (Å²) in [7, 11) is -4.22. The molecule has 33 heavy (non-hydrogen) atoms. The fourth-order valence-electron chi connectivity index (χ4n) is 4.11. The normalized spacial score (nSPS) is 15.0. The number of hydrogen-bond donors (Lipinski definition) is 0. The third-order valence-electron chi connectivity index (χ3n) is 5.65. The molecule has 4 aromatic rings. The summed E-state index contributed by atoms with van der Waals surface area (Å²) in [5, 5.41) is 2.07. The summed E-state index contributed by atoms with van der Waals surface area (Å²) in [4.78, 5) is 14.9. The van der Waals surface area contributed by atoms with Gasteiger partial charge < -0.3 is 0 Å². The molecule has 0 radical (unpaired) electrons. The van der Waals surface area contributed by atoms with Gasteiger partial charge in [-0.1, -0.05) is 96.0 Å². The molecule has 0 bridgehead atoms. The Balaban J connectivity index is 1.66. The number of anilines is 1. The molecule has 5 nitrogen and oxygen atoms in total. The van der Waals surface area contributed by atoms with Crippen molar-refractivity contribution in [3.63, 3.8) is 0 Å². The number of amides is 2. The molecule has 0 saturated heterocycles. The Labute approximate surface area is 201 Å². The molecular weight excluding hydrogens is 479 g/mol. The maximum atomic E-state index is 13.7. The lowest BCUT2D eigenvalue weighted by Gasteiger charge is -2.37. The molecule has 1 aliphatic heterocycles. The summed E-state index contributed by atoms with van der Waals surface area (Å²) < 4.78 is 28.2. The minimum atomic E-state index is -4.22. The summed E-state index contributed by atoms with van der Waals surface area (Å²) in [6, 6.07) is 24.8. The Hall–Kier alpha value is -3.06. The number of sulfonamides is 1. The van der Waals surface area contributed by atoms with Crippen LogP contribution in [0.15, 0.2) is 89.8 Å². The lowest BCUT2D eigenvalue weighted by atomic mass is 10.0. The van der Waals surface area contributed by atoms with Gasteiger partial charge in [-0.05, 0) is 34.0 Å². The second-order valence-electron chi connectivity index (χ2n) is 7.74. The summed E-state index contributed by atoms with van der Waals surface area (Å²) >= 11 is 12.6. The number of carbonyl (C=O) groups is 1. The molecule has 0 aliphatic carbocycles. The van der Waals surface area contributed by atoms with Gasteiger partial charge in [0.05, 0.1) is 23.8 Å². The number of urea groups is 1. The molecule has 5 rings (SSSR count). The highest BCUT2D eigenvalue weighted by molar-refractivity contribution is 7.90. The molecule has 0 N–H and O–H groups in total. The average Bonchev–Trinajstić information content (AvgIpc) is 2.79. The smallest absolute Gasteiger partial charge is 0.288 e. The molecule has 4 aromatic carbocycles. The Morgan fingerprint density at radius 3 is 2.27 bits per heavy atom. The van der Waals surface area contributed by atoms with Crippen LogP contribution in [0.25, 0.3) is 10.8 Å². The molecular formula is C25H18Cl2N2O3S. The van der Waals surface area contributed by atoms with Crippen molar-refractivity contribution in [1.82, 2.24) is 4.31 Å². The van der Waals surface area contributed by atoms with E-state index in [0.717, 1.165) is 26.2 Å². The van der Waals surface area contributed by atoms with Crippen molar-refractivity contribution in [3.8, 4) is 0 Å². The number of carbonyl (C=O) groups excluding carboxylic acids is 1. The van der Waals surface area contributed by atoms with E-state index in [2.05, 4.69) is 0 Å². The highest BCUT2D eigenvalue weighted by Crippen LogP contribution is 2.42. The van der Waals surface area contributed by atoms with E-state index < -0.39 is 16.1 Å². The fourth-order valence-corrected chi connectivity index (χ4v) is 6.46. The topological polar surface area (TPSA) is 57.7 Å². The minimum absolute atomic E-state index is 0.0222. The van der Waals surface area contributed by atoms with E-state index in [4.69, 9.17) is 23.2 Å². The van der Waals surface area contributed by atoms with Gasteiger partial charge in [0.1, 0.15) is 4.90 Å². The van der Waals surface area contributed by atoms with E-state index in [0.29, 0.717) is 0 Å². The maximum Gasteiger partial charge on any atom is 0.339 e. The summed E-state index contributed by atoms with van der Waals surface area (Å²) in [5.41, 5.74) is 1.74. The quantitative estimate of drug-likeness (QED) is 0.324. The van der Waals surface area contributed by atoms with Gasteiger partial charge in [-0.25, -0.2) is 17.5 Å². The van der Waals surface area contributed by atoms with Crippen LogP contribution < -0.4 is 4.90 Å². The van der Waals surface area contributed by atoms with Crippen molar-refractivity contribution in [2.24, 2.45) is 0 Å². The second kappa shape index (κ2) is 8.37. The Morgan fingerprint density at radius 1 is 0.788 bits per heavy atom. The fraction of sp³-hybridized carbons (Fsp3) is 0.0800. The zero-order valence-corrected chi connectivity index (χ0v) is 19.6. The van der Waals surface area contributed by atoms with E-state index in [-0.39, 0.29) is 33.7 Å². The average molecular weight is 497 g/mol. The number of benzene rings is 4. The Kier molecular flexibility index (Phi) is 5.52. The molecule has 0 saturated carbocycles. The number of halogens is 2. The van der Waals surface area contributed by atoms with Gasteiger partial charge in [0.15, 0.2) is 0 Å². The highest BCUT2D eigenvalue weighted by atomic mass is 35.5. The van der Waals surface area contributed by atoms with Crippen LogP contribution in [0.3, 0.4) is 0 Å². The van der Waals surface area contributed by atoms with Gasteiger partial charge in [-0.2, -0.15) is 0 Å². The van der Waals surface area contributed by atoms with Crippen molar-refractivity contribution >= 4 is 55.7 Å². The van der Waals surface area contributed by atoms with Crippen LogP contribution in [0.4, 0.5) is 10.5 Å². The SMILES string of the molecule is O=C1N(Cc2ccccc2)c2cc(Cl)cc(Cl)c2S(=O)(=O)N1Cc1cccc2ccccc12. The molecule has 0 atom stereocenters. The predicted octanol–water partition coefficient (Wildman–Crippen LogP) is 6.48. The monoisotopic (exact) mass is 496 g/mol. The minimum Gasteiger partial charge on any atom is -0.288 e. The van der Waals surface area contributed by atoms with Gasteiger partial charge in [0, 0.05) is 5.02 Å². The molecule has 0 unspecified atom stereocenters. The third kappa shape index (κ3) is 3.84. The van der Waals surface area contributed by atoms with E-state index in [1.807, 2.05) is 72.8 Å². The van der Waals surface area contributed by atoms with Crippen molar-refractivity contribution in [2.45, 2.75) is 18.0 Å². The second-order valence-corrected chi connectivity index (χ2v) is 10.4. The van der Waals surface area contributed by atoms with E-state index in [1.54, 1.807) is 0 Å². The zero-order valence-electron chi connectivity index (χ0n) is 17.3. The third-order valence-corrected chi connectivity index (χ3v) is 8.09. The molecule has 2 amide bonds. The Bertz CT molecular complexity index is 1490. The molecule has 0 spiro atoms. The summed E-state index contributed by atoms with van der Waals surface area (Å²) in [5.74, 6) is 0. The number of fused-ring (bicyclic) bond motifs is 2. The van der Waals surface area contributed by atoms with Crippen molar-refractivity contribution < 1.29 is 13.2 Å². The first-order valence-corrected chi connectivity index (χ1v) is 12.4. The van der Waals surface area contributed by atoms with Crippen molar-refractivity contribution in [3.05, 3.63) is 106 Å². The number of rotatable bonds is 4. The molecule has 0 fully saturated rings. The van der Waals surface area contributed by atoms with Crippen LogP contribution in [0.1, 0.15) is 11.1 Å². The van der Waals surface area contributed by atoms with Crippen LogP contribution in [0.2, 0.25) is 10.0 Å². The first-order valence-electron chi connectivity index (χ1n) is 10.2. The van der Waals surface area contributed by atoms with Gasteiger partial charge in [-0.15, -0.1) is 0 Å². The number of hydrogen-bond acceptors (Lipinski definition) is 3. The van der Waals surface area contributed by atoms with Crippen LogP contribution in [0.5, 0.6) is 0 Å². The predicted molar refractivity (Wildman–Crippen MR) is 131 cm³/mol. The lowest BCUT2D eigenvalue weighted by Crippen LogP contribution is -2.50. The van der Waals surface area contributed by atoms with E-state index >= 15 is 0 Å². The summed E-state index contributed by atoms with van der Waals surface area (Å²) in [6.45, 7) is 0.0527. The van der Waals surface area contributed by atoms with Crippen LogP contribution in [0, 0.1) is 0 Å². The first kappa shape index (κ1) is 21.8. The molecule has 0 aromatic heterocycles. The van der Waals surface area contributed by atoms with E-state index in [1.165, 1.54) is 17.0 Å². The van der Waals surface area contributed by atoms with Crippen LogP contribution in [-0.4, -0.2) is 18.8 Å². The lowest BCUT2D eigenvalue weighted by molar-refractivity contribution is 0.226. The van der Waals surface area contributed by atoms with Crippen LogP contribution >= 0.6 is 23.2 Å². The molecule has 8 heteroatoms. The maximum absolute atomic E-state index is 13.7. The molecule has 1 heterocycles. The van der Waals surface area contributed by atoms with Crippen molar-refractivity contribution in [2.75, 3.05) is 4.90 Å². The number of nitrogens with zero attached hydrogens (tertiary/aromatic N) is 2. The highest BCUT2D eigenvalue weighted by Gasteiger charge is 2.43. The largest absolute Gasteiger partial charge is 0.339 e. The standard InChI is InChI=1S/C25H18Cl2N2O3S/c26-20-13-22(27)24-23(14-20)28(15-17-7-2-1-3-8-17)25(30)29(33(24,31)32)16-19-11-6-10-18-9-4-5-12-21(18)19/h1-14H,15-16H2. The van der Waals surface area contributed by atoms with Gasteiger partial charge in [0.2, 0.25) is 0 Å². The van der Waals surface area contributed by atoms with E-state index in [9.17, 15) is 13.2 Å². The Morgan fingerprint density at radius 2 is 1.48 bits per heavy atom. The molecule has 166 valence electrons. The summed E-state index contributed by atoms with van der Waals surface area (Å²) in [6.07, 6.45) is 0. The van der Waals surface area contributed by atoms with Gasteiger partial charge in [-0.3, -0.25) is 4.90 Å². The first-order chi connectivity index (χ1) is 15.9. The van der Waals surface area contributed by atoms with Gasteiger partial charge >= 0.3 is 6.03 Å².